The molecule has 0 unspecified atom stereocenters. The number of benzene rings is 1. The van der Waals surface area contributed by atoms with Crippen LogP contribution in [0.4, 0.5) is 11.5 Å². The molecule has 0 spiro atoms. The van der Waals surface area contributed by atoms with Crippen LogP contribution in [-0.2, 0) is 10.0 Å². The maximum absolute atomic E-state index is 12.1. The third kappa shape index (κ3) is 2.86. The fourth-order valence-electron chi connectivity index (χ4n) is 1.54. The zero-order valence-electron chi connectivity index (χ0n) is 10.3. The van der Waals surface area contributed by atoms with Crippen molar-refractivity contribution in [2.45, 2.75) is 4.90 Å². The van der Waals surface area contributed by atoms with Gasteiger partial charge in [-0.3, -0.25) is 9.52 Å². The zero-order valence-corrected chi connectivity index (χ0v) is 11.1. The Kier molecular flexibility index (Phi) is 3.57. The van der Waals surface area contributed by atoms with E-state index in [1.807, 2.05) is 0 Å². The molecule has 5 N–H and O–H groups in total. The van der Waals surface area contributed by atoms with E-state index < -0.39 is 15.9 Å². The Balaban J connectivity index is 2.29. The molecule has 0 aliphatic heterocycles. The number of carbonyl (C=O) groups excluding carboxylic acids is 1. The van der Waals surface area contributed by atoms with Crippen LogP contribution >= 0.6 is 0 Å². The Morgan fingerprint density at radius 3 is 2.35 bits per heavy atom. The average Bonchev–Trinajstić information content (AvgIpc) is 2.39. The molecule has 1 aromatic heterocycles. The van der Waals surface area contributed by atoms with E-state index in [-0.39, 0.29) is 16.3 Å². The molecule has 1 amide bonds. The van der Waals surface area contributed by atoms with E-state index in [0.717, 1.165) is 0 Å². The van der Waals surface area contributed by atoms with Gasteiger partial charge >= 0.3 is 0 Å². The summed E-state index contributed by atoms with van der Waals surface area (Å²) in [4.78, 5) is 14.5. The standard InChI is InChI=1S/C12H12N4O3S/c13-11-10(2-1-7-15-11)20(18,19)16-9-5-3-8(4-6-9)12(14)17/h1-7,16H,(H2,13,15)(H2,14,17). The van der Waals surface area contributed by atoms with Crippen LogP contribution < -0.4 is 16.2 Å². The number of nitrogens with two attached hydrogens (primary N) is 2. The summed E-state index contributed by atoms with van der Waals surface area (Å²) >= 11 is 0. The minimum atomic E-state index is -3.83. The summed E-state index contributed by atoms with van der Waals surface area (Å²) in [6.45, 7) is 0. The third-order valence-electron chi connectivity index (χ3n) is 2.51. The SMILES string of the molecule is NC(=O)c1ccc(NS(=O)(=O)c2cccnc2N)cc1. The monoisotopic (exact) mass is 292 g/mol. The summed E-state index contributed by atoms with van der Waals surface area (Å²) in [6, 6.07) is 8.54. The molecule has 0 saturated carbocycles. The van der Waals surface area contributed by atoms with Gasteiger partial charge in [0.25, 0.3) is 10.0 Å². The zero-order chi connectivity index (χ0) is 14.8. The lowest BCUT2D eigenvalue weighted by atomic mass is 10.2. The molecule has 104 valence electrons. The number of nitrogens with one attached hydrogen (secondary N) is 1. The van der Waals surface area contributed by atoms with Crippen LogP contribution in [0.1, 0.15) is 10.4 Å². The van der Waals surface area contributed by atoms with Gasteiger partial charge < -0.3 is 11.5 Å². The lowest BCUT2D eigenvalue weighted by molar-refractivity contribution is 0.100. The molecule has 8 heteroatoms. The molecule has 7 nitrogen and oxygen atoms in total. The van der Waals surface area contributed by atoms with Gasteiger partial charge in [0, 0.05) is 17.4 Å². The molecule has 0 aliphatic rings. The van der Waals surface area contributed by atoms with Crippen molar-refractivity contribution in [1.29, 1.82) is 0 Å². The predicted molar refractivity (Wildman–Crippen MR) is 74.4 cm³/mol. The first-order valence-corrected chi connectivity index (χ1v) is 7.01. The first-order chi connectivity index (χ1) is 9.40. The second-order valence-electron chi connectivity index (χ2n) is 3.93. The predicted octanol–water partition coefficient (Wildman–Crippen LogP) is 0.563. The number of primary amides is 1. The van der Waals surface area contributed by atoms with Crippen molar-refractivity contribution in [3.8, 4) is 0 Å². The van der Waals surface area contributed by atoms with Crippen molar-refractivity contribution in [2.75, 3.05) is 10.5 Å². The summed E-state index contributed by atoms with van der Waals surface area (Å²) in [7, 11) is -3.83. The Morgan fingerprint density at radius 1 is 1.15 bits per heavy atom. The molecular formula is C12H12N4O3S. The van der Waals surface area contributed by atoms with E-state index in [0.29, 0.717) is 5.69 Å². The van der Waals surface area contributed by atoms with E-state index in [1.165, 1.54) is 42.6 Å². The number of rotatable bonds is 4. The van der Waals surface area contributed by atoms with Crippen molar-refractivity contribution in [3.05, 3.63) is 48.2 Å². The van der Waals surface area contributed by atoms with Gasteiger partial charge in [-0.25, -0.2) is 13.4 Å². The highest BCUT2D eigenvalue weighted by Gasteiger charge is 2.17. The molecule has 0 atom stereocenters. The number of sulfonamides is 1. The van der Waals surface area contributed by atoms with Gasteiger partial charge in [-0.05, 0) is 36.4 Å². The Labute approximate surface area is 115 Å². The van der Waals surface area contributed by atoms with Crippen molar-refractivity contribution in [2.24, 2.45) is 5.73 Å². The van der Waals surface area contributed by atoms with Gasteiger partial charge in [-0.1, -0.05) is 0 Å². The second kappa shape index (κ2) is 5.17. The number of nitrogen functional groups attached to an aromatic ring is 1. The van der Waals surface area contributed by atoms with Gasteiger partial charge in [0.2, 0.25) is 5.91 Å². The number of anilines is 2. The van der Waals surface area contributed by atoms with E-state index in [4.69, 9.17) is 11.5 Å². The van der Waals surface area contributed by atoms with E-state index in [1.54, 1.807) is 0 Å². The molecule has 0 fully saturated rings. The highest BCUT2D eigenvalue weighted by Crippen LogP contribution is 2.19. The summed E-state index contributed by atoms with van der Waals surface area (Å²) in [5.74, 6) is -0.676. The summed E-state index contributed by atoms with van der Waals surface area (Å²) < 4.78 is 26.6. The van der Waals surface area contributed by atoms with Crippen LogP contribution in [0.3, 0.4) is 0 Å². The Bertz CT molecular complexity index is 742. The van der Waals surface area contributed by atoms with Gasteiger partial charge in [0.1, 0.15) is 10.7 Å². The lowest BCUT2D eigenvalue weighted by Crippen LogP contribution is -2.16. The smallest absolute Gasteiger partial charge is 0.265 e. The fourth-order valence-corrected chi connectivity index (χ4v) is 2.68. The number of aromatic nitrogens is 1. The molecule has 20 heavy (non-hydrogen) atoms. The second-order valence-corrected chi connectivity index (χ2v) is 5.58. The minimum Gasteiger partial charge on any atom is -0.383 e. The van der Waals surface area contributed by atoms with Crippen molar-refractivity contribution < 1.29 is 13.2 Å². The fraction of sp³-hybridized carbons (Fsp3) is 0. The van der Waals surface area contributed by atoms with Crippen LogP contribution in [-0.4, -0.2) is 19.3 Å². The largest absolute Gasteiger partial charge is 0.383 e. The quantitative estimate of drug-likeness (QED) is 0.758. The molecule has 1 heterocycles. The number of pyridine rings is 1. The van der Waals surface area contributed by atoms with Crippen molar-refractivity contribution in [3.63, 3.8) is 0 Å². The number of hydrogen-bond acceptors (Lipinski definition) is 5. The van der Waals surface area contributed by atoms with Crippen LogP contribution in [0, 0.1) is 0 Å². The molecule has 0 aliphatic carbocycles. The molecule has 2 aromatic rings. The van der Waals surface area contributed by atoms with Gasteiger partial charge in [-0.15, -0.1) is 0 Å². The normalized spacial score (nSPS) is 11.0. The lowest BCUT2D eigenvalue weighted by Gasteiger charge is -2.09. The molecule has 1 aromatic carbocycles. The van der Waals surface area contributed by atoms with Crippen LogP contribution in [0.5, 0.6) is 0 Å². The first-order valence-electron chi connectivity index (χ1n) is 5.53. The molecule has 0 saturated heterocycles. The number of hydrogen-bond donors (Lipinski definition) is 3. The van der Waals surface area contributed by atoms with E-state index in [2.05, 4.69) is 9.71 Å². The number of carbonyl (C=O) groups is 1. The van der Waals surface area contributed by atoms with Crippen molar-refractivity contribution in [1.82, 2.24) is 4.98 Å². The molecule has 2 rings (SSSR count). The average molecular weight is 292 g/mol. The maximum atomic E-state index is 12.1. The molecule has 0 bridgehead atoms. The van der Waals surface area contributed by atoms with Gasteiger partial charge in [0.15, 0.2) is 0 Å². The highest BCUT2D eigenvalue weighted by molar-refractivity contribution is 7.92. The van der Waals surface area contributed by atoms with E-state index >= 15 is 0 Å². The van der Waals surface area contributed by atoms with Gasteiger partial charge in [-0.2, -0.15) is 0 Å². The summed E-state index contributed by atoms with van der Waals surface area (Å²) in [5, 5.41) is 0. The van der Waals surface area contributed by atoms with Gasteiger partial charge in [0.05, 0.1) is 0 Å². The van der Waals surface area contributed by atoms with E-state index in [9.17, 15) is 13.2 Å². The van der Waals surface area contributed by atoms with Crippen molar-refractivity contribution >= 4 is 27.4 Å². The molecular weight excluding hydrogens is 280 g/mol. The number of nitrogens with zero attached hydrogens (tertiary/aromatic N) is 1. The minimum absolute atomic E-state index is 0.0891. The number of amides is 1. The summed E-state index contributed by atoms with van der Waals surface area (Å²) in [5.41, 5.74) is 11.2. The van der Waals surface area contributed by atoms with Crippen LogP contribution in [0.25, 0.3) is 0 Å². The van der Waals surface area contributed by atoms with Crippen LogP contribution in [0.15, 0.2) is 47.5 Å². The highest BCUT2D eigenvalue weighted by atomic mass is 32.2. The first kappa shape index (κ1) is 13.8. The Morgan fingerprint density at radius 2 is 1.80 bits per heavy atom. The molecule has 0 radical (unpaired) electrons. The maximum Gasteiger partial charge on any atom is 0.265 e. The van der Waals surface area contributed by atoms with Crippen LogP contribution in [0.2, 0.25) is 0 Å². The topological polar surface area (TPSA) is 128 Å². The summed E-state index contributed by atoms with van der Waals surface area (Å²) in [6.07, 6.45) is 1.40. The third-order valence-corrected chi connectivity index (χ3v) is 3.94. The Hall–Kier alpha value is -2.61.